The van der Waals surface area contributed by atoms with E-state index in [0.717, 1.165) is 23.1 Å². The first-order chi connectivity index (χ1) is 9.60. The summed E-state index contributed by atoms with van der Waals surface area (Å²) in [5, 5.41) is 4.45. The molecule has 0 heterocycles. The smallest absolute Gasteiger partial charge is 0.146 e. The van der Waals surface area contributed by atoms with E-state index in [0.29, 0.717) is 21.5 Å². The van der Waals surface area contributed by atoms with Crippen molar-refractivity contribution in [3.05, 3.63) is 56.5 Å². The molecule has 0 aliphatic heterocycles. The number of ether oxygens (including phenoxy) is 1. The highest BCUT2D eigenvalue weighted by Gasteiger charge is 2.09. The van der Waals surface area contributed by atoms with Crippen molar-refractivity contribution in [3.63, 3.8) is 0 Å². The van der Waals surface area contributed by atoms with Crippen LogP contribution >= 0.6 is 39.1 Å². The van der Waals surface area contributed by atoms with Crippen LogP contribution in [-0.4, -0.2) is 6.54 Å². The second-order valence-corrected chi connectivity index (χ2v) is 5.97. The zero-order valence-corrected chi connectivity index (χ0v) is 14.0. The third-order valence-electron chi connectivity index (χ3n) is 2.71. The van der Waals surface area contributed by atoms with Gasteiger partial charge in [0.05, 0.1) is 5.02 Å². The van der Waals surface area contributed by atoms with Crippen LogP contribution in [0.25, 0.3) is 0 Å². The van der Waals surface area contributed by atoms with Crippen LogP contribution < -0.4 is 10.1 Å². The van der Waals surface area contributed by atoms with E-state index >= 15 is 0 Å². The molecule has 0 saturated carbocycles. The molecule has 0 unspecified atom stereocenters. The maximum Gasteiger partial charge on any atom is 0.146 e. The van der Waals surface area contributed by atoms with Gasteiger partial charge >= 0.3 is 0 Å². The number of nitrogens with one attached hydrogen (secondary N) is 1. The Hall–Kier alpha value is -0.740. The maximum absolute atomic E-state index is 6.17. The van der Waals surface area contributed by atoms with E-state index in [-0.39, 0.29) is 0 Å². The minimum absolute atomic E-state index is 0.550. The van der Waals surface area contributed by atoms with Crippen LogP contribution in [0.5, 0.6) is 11.5 Å². The molecular weight excluding hydrogens is 361 g/mol. The SMILES string of the molecule is CCNCc1ccc(Cl)cc1Oc1ccc(Br)cc1Cl. The lowest BCUT2D eigenvalue weighted by Crippen LogP contribution is -2.12. The van der Waals surface area contributed by atoms with Crippen LogP contribution in [0.15, 0.2) is 40.9 Å². The second kappa shape index (κ2) is 7.32. The van der Waals surface area contributed by atoms with Crippen molar-refractivity contribution in [1.82, 2.24) is 5.32 Å². The van der Waals surface area contributed by atoms with Crippen molar-refractivity contribution >= 4 is 39.1 Å². The molecule has 0 bridgehead atoms. The molecule has 0 spiro atoms. The van der Waals surface area contributed by atoms with E-state index in [1.165, 1.54) is 0 Å². The summed E-state index contributed by atoms with van der Waals surface area (Å²) in [6, 6.07) is 11.1. The third-order valence-corrected chi connectivity index (χ3v) is 3.73. The number of benzene rings is 2. The normalized spacial score (nSPS) is 10.6. The van der Waals surface area contributed by atoms with Crippen LogP contribution in [-0.2, 0) is 6.54 Å². The fourth-order valence-corrected chi connectivity index (χ4v) is 2.58. The molecule has 1 N–H and O–H groups in total. The molecule has 0 atom stereocenters. The molecular formula is C15H14BrCl2NO. The average Bonchev–Trinajstić information content (AvgIpc) is 2.41. The summed E-state index contributed by atoms with van der Waals surface area (Å²) >= 11 is 15.6. The zero-order valence-electron chi connectivity index (χ0n) is 10.9. The topological polar surface area (TPSA) is 21.3 Å². The summed E-state index contributed by atoms with van der Waals surface area (Å²) in [6.07, 6.45) is 0. The molecule has 106 valence electrons. The number of halogens is 3. The predicted molar refractivity (Wildman–Crippen MR) is 88.1 cm³/mol. The van der Waals surface area contributed by atoms with Gasteiger partial charge in [-0.2, -0.15) is 0 Å². The molecule has 0 fully saturated rings. The quantitative estimate of drug-likeness (QED) is 0.729. The molecule has 5 heteroatoms. The van der Waals surface area contributed by atoms with Gasteiger partial charge in [-0.25, -0.2) is 0 Å². The van der Waals surface area contributed by atoms with Crippen LogP contribution in [0.3, 0.4) is 0 Å². The van der Waals surface area contributed by atoms with Gasteiger partial charge in [0.25, 0.3) is 0 Å². The molecule has 0 radical (unpaired) electrons. The van der Waals surface area contributed by atoms with Gasteiger partial charge in [0, 0.05) is 21.6 Å². The summed E-state index contributed by atoms with van der Waals surface area (Å²) in [5.41, 5.74) is 1.04. The molecule has 2 nitrogen and oxygen atoms in total. The van der Waals surface area contributed by atoms with Gasteiger partial charge in [0.2, 0.25) is 0 Å². The average molecular weight is 375 g/mol. The van der Waals surface area contributed by atoms with Gasteiger partial charge in [-0.05, 0) is 36.9 Å². The van der Waals surface area contributed by atoms with Gasteiger partial charge in [-0.3, -0.25) is 0 Å². The Bertz CT molecular complexity index is 604. The first kappa shape index (κ1) is 15.6. The zero-order chi connectivity index (χ0) is 14.5. The van der Waals surface area contributed by atoms with Crippen molar-refractivity contribution in [2.75, 3.05) is 6.54 Å². The largest absolute Gasteiger partial charge is 0.455 e. The molecule has 0 aliphatic carbocycles. The molecule has 0 aliphatic rings. The Balaban J connectivity index is 2.29. The maximum atomic E-state index is 6.17. The highest BCUT2D eigenvalue weighted by atomic mass is 79.9. The molecule has 20 heavy (non-hydrogen) atoms. The molecule has 2 aromatic rings. The summed E-state index contributed by atoms with van der Waals surface area (Å²) < 4.78 is 6.81. The number of rotatable bonds is 5. The van der Waals surface area contributed by atoms with Gasteiger partial charge < -0.3 is 10.1 Å². The van der Waals surface area contributed by atoms with Crippen LogP contribution in [0.2, 0.25) is 10.0 Å². The van der Waals surface area contributed by atoms with Crippen molar-refractivity contribution < 1.29 is 4.74 Å². The van der Waals surface area contributed by atoms with Crippen LogP contribution in [0.1, 0.15) is 12.5 Å². The second-order valence-electron chi connectivity index (χ2n) is 4.21. The highest BCUT2D eigenvalue weighted by molar-refractivity contribution is 9.10. The summed E-state index contributed by atoms with van der Waals surface area (Å²) in [4.78, 5) is 0. The van der Waals surface area contributed by atoms with E-state index in [4.69, 9.17) is 27.9 Å². The van der Waals surface area contributed by atoms with Crippen LogP contribution in [0.4, 0.5) is 0 Å². The Morgan fingerprint density at radius 1 is 1.10 bits per heavy atom. The number of hydrogen-bond acceptors (Lipinski definition) is 2. The molecule has 0 aromatic heterocycles. The monoisotopic (exact) mass is 373 g/mol. The summed E-state index contributed by atoms with van der Waals surface area (Å²) in [5.74, 6) is 1.32. The Morgan fingerprint density at radius 3 is 2.60 bits per heavy atom. The first-order valence-corrected chi connectivity index (χ1v) is 7.77. The molecule has 0 saturated heterocycles. The van der Waals surface area contributed by atoms with E-state index in [1.54, 1.807) is 12.1 Å². The Morgan fingerprint density at radius 2 is 1.90 bits per heavy atom. The van der Waals surface area contributed by atoms with Crippen molar-refractivity contribution in [2.45, 2.75) is 13.5 Å². The third kappa shape index (κ3) is 4.13. The highest BCUT2D eigenvalue weighted by Crippen LogP contribution is 2.34. The fourth-order valence-electron chi connectivity index (χ4n) is 1.71. The van der Waals surface area contributed by atoms with Gasteiger partial charge in [0.1, 0.15) is 11.5 Å². The lowest BCUT2D eigenvalue weighted by molar-refractivity contribution is 0.473. The van der Waals surface area contributed by atoms with Gasteiger partial charge in [0.15, 0.2) is 0 Å². The van der Waals surface area contributed by atoms with Gasteiger partial charge in [-0.15, -0.1) is 0 Å². The summed E-state index contributed by atoms with van der Waals surface area (Å²) in [6.45, 7) is 3.67. The van der Waals surface area contributed by atoms with E-state index in [1.807, 2.05) is 24.3 Å². The Labute approximate surface area is 137 Å². The van der Waals surface area contributed by atoms with Gasteiger partial charge in [-0.1, -0.05) is 52.1 Å². The Kier molecular flexibility index (Phi) is 5.73. The van der Waals surface area contributed by atoms with Crippen LogP contribution in [0, 0.1) is 0 Å². The molecule has 2 rings (SSSR count). The molecule has 0 amide bonds. The standard InChI is InChI=1S/C15H14BrCl2NO/c1-2-19-9-10-3-5-12(17)8-15(10)20-14-6-4-11(16)7-13(14)18/h3-8,19H,2,9H2,1H3. The summed E-state index contributed by atoms with van der Waals surface area (Å²) in [7, 11) is 0. The predicted octanol–water partition coefficient (Wildman–Crippen LogP) is 5.66. The van der Waals surface area contributed by atoms with E-state index in [2.05, 4.69) is 28.2 Å². The molecule has 2 aromatic carbocycles. The lowest BCUT2D eigenvalue weighted by atomic mass is 10.2. The van der Waals surface area contributed by atoms with Crippen molar-refractivity contribution in [1.29, 1.82) is 0 Å². The minimum atomic E-state index is 0.550. The first-order valence-electron chi connectivity index (χ1n) is 6.22. The number of hydrogen-bond donors (Lipinski definition) is 1. The van der Waals surface area contributed by atoms with E-state index in [9.17, 15) is 0 Å². The van der Waals surface area contributed by atoms with E-state index < -0.39 is 0 Å². The fraction of sp³-hybridized carbons (Fsp3) is 0.200. The lowest BCUT2D eigenvalue weighted by Gasteiger charge is -2.13. The van der Waals surface area contributed by atoms with Crippen molar-refractivity contribution in [3.8, 4) is 11.5 Å². The minimum Gasteiger partial charge on any atom is -0.455 e. The van der Waals surface area contributed by atoms with Crippen molar-refractivity contribution in [2.24, 2.45) is 0 Å².